The Morgan fingerprint density at radius 1 is 1.21 bits per heavy atom. The fourth-order valence-electron chi connectivity index (χ4n) is 1.57. The summed E-state index contributed by atoms with van der Waals surface area (Å²) in [7, 11) is 0. The van der Waals surface area contributed by atoms with Crippen LogP contribution in [0.25, 0.3) is 0 Å². The molecular weight excluding hydrogens is 172 g/mol. The lowest BCUT2D eigenvalue weighted by atomic mass is 10.0. The van der Waals surface area contributed by atoms with Crippen molar-refractivity contribution in [1.82, 2.24) is 9.78 Å². The fraction of sp³-hybridized carbons (Fsp3) is 0.750. The molecule has 0 unspecified atom stereocenters. The lowest BCUT2D eigenvalue weighted by Gasteiger charge is -2.25. The van der Waals surface area contributed by atoms with E-state index in [0.29, 0.717) is 0 Å². The van der Waals surface area contributed by atoms with Gasteiger partial charge in [-0.05, 0) is 39.2 Å². The standard InChI is InChI=1S/C12H22N2/c1-6-10-9-11(7-2)14(13-10)12(4,5)8-3/h9H,6-8H2,1-5H3. The summed E-state index contributed by atoms with van der Waals surface area (Å²) < 4.78 is 2.20. The molecule has 0 aromatic carbocycles. The summed E-state index contributed by atoms with van der Waals surface area (Å²) in [5.74, 6) is 0. The van der Waals surface area contributed by atoms with Gasteiger partial charge < -0.3 is 0 Å². The van der Waals surface area contributed by atoms with Crippen LogP contribution in [0.1, 0.15) is 52.4 Å². The zero-order chi connectivity index (χ0) is 10.8. The highest BCUT2D eigenvalue weighted by molar-refractivity contribution is 5.12. The van der Waals surface area contributed by atoms with Crippen LogP contribution in [0.15, 0.2) is 6.07 Å². The summed E-state index contributed by atoms with van der Waals surface area (Å²) >= 11 is 0. The van der Waals surface area contributed by atoms with E-state index in [9.17, 15) is 0 Å². The van der Waals surface area contributed by atoms with E-state index in [1.165, 1.54) is 11.4 Å². The van der Waals surface area contributed by atoms with Gasteiger partial charge in [-0.2, -0.15) is 5.10 Å². The molecule has 0 fully saturated rings. The molecule has 80 valence electrons. The van der Waals surface area contributed by atoms with Crippen LogP contribution < -0.4 is 0 Å². The van der Waals surface area contributed by atoms with Crippen LogP contribution in [0.4, 0.5) is 0 Å². The minimum atomic E-state index is 0.152. The van der Waals surface area contributed by atoms with Crippen molar-refractivity contribution in [3.8, 4) is 0 Å². The third kappa shape index (κ3) is 1.99. The van der Waals surface area contributed by atoms with Crippen molar-refractivity contribution in [3.05, 3.63) is 17.5 Å². The number of hydrogen-bond acceptors (Lipinski definition) is 1. The molecule has 2 heteroatoms. The molecule has 0 N–H and O–H groups in total. The van der Waals surface area contributed by atoms with Crippen LogP contribution in [0.2, 0.25) is 0 Å². The number of hydrogen-bond donors (Lipinski definition) is 0. The Morgan fingerprint density at radius 2 is 1.86 bits per heavy atom. The second-order valence-electron chi connectivity index (χ2n) is 4.41. The summed E-state index contributed by atoms with van der Waals surface area (Å²) in [5, 5.41) is 4.66. The second kappa shape index (κ2) is 4.16. The molecule has 0 spiro atoms. The monoisotopic (exact) mass is 194 g/mol. The lowest BCUT2D eigenvalue weighted by molar-refractivity contribution is 0.297. The minimum absolute atomic E-state index is 0.152. The number of aryl methyl sites for hydroxylation is 2. The van der Waals surface area contributed by atoms with Crippen LogP contribution in [-0.2, 0) is 18.4 Å². The van der Waals surface area contributed by atoms with E-state index < -0.39 is 0 Å². The molecule has 2 nitrogen and oxygen atoms in total. The quantitative estimate of drug-likeness (QED) is 0.720. The van der Waals surface area contributed by atoms with Crippen molar-refractivity contribution in [3.63, 3.8) is 0 Å². The van der Waals surface area contributed by atoms with Crippen LogP contribution >= 0.6 is 0 Å². The first kappa shape index (κ1) is 11.3. The maximum atomic E-state index is 4.66. The molecule has 1 heterocycles. The first-order valence-corrected chi connectivity index (χ1v) is 5.63. The molecule has 0 aliphatic carbocycles. The van der Waals surface area contributed by atoms with E-state index in [0.717, 1.165) is 19.3 Å². The Balaban J connectivity index is 3.12. The van der Waals surface area contributed by atoms with Gasteiger partial charge in [-0.3, -0.25) is 4.68 Å². The normalized spacial score (nSPS) is 12.1. The SMILES string of the molecule is CCc1cc(CC)n(C(C)(C)CC)n1. The maximum absolute atomic E-state index is 4.66. The van der Waals surface area contributed by atoms with Gasteiger partial charge in [0.1, 0.15) is 0 Å². The highest BCUT2D eigenvalue weighted by Gasteiger charge is 2.21. The van der Waals surface area contributed by atoms with Crippen molar-refractivity contribution < 1.29 is 0 Å². The Labute approximate surface area is 87.3 Å². The van der Waals surface area contributed by atoms with Gasteiger partial charge in [0.15, 0.2) is 0 Å². The van der Waals surface area contributed by atoms with Crippen molar-refractivity contribution in [2.24, 2.45) is 0 Å². The number of rotatable bonds is 4. The summed E-state index contributed by atoms with van der Waals surface area (Å²) in [4.78, 5) is 0. The Hall–Kier alpha value is -0.790. The molecule has 0 saturated heterocycles. The van der Waals surface area contributed by atoms with Gasteiger partial charge in [0.25, 0.3) is 0 Å². The zero-order valence-electron chi connectivity index (χ0n) is 10.1. The third-order valence-electron chi connectivity index (χ3n) is 3.00. The van der Waals surface area contributed by atoms with Crippen molar-refractivity contribution in [2.75, 3.05) is 0 Å². The fourth-order valence-corrected chi connectivity index (χ4v) is 1.57. The topological polar surface area (TPSA) is 17.8 Å². The van der Waals surface area contributed by atoms with Crippen LogP contribution in [0.5, 0.6) is 0 Å². The molecule has 0 saturated carbocycles. The molecule has 0 aliphatic rings. The van der Waals surface area contributed by atoms with Gasteiger partial charge in [0.2, 0.25) is 0 Å². The minimum Gasteiger partial charge on any atom is -0.264 e. The predicted octanol–water partition coefficient (Wildman–Crippen LogP) is 3.15. The molecule has 1 aromatic heterocycles. The highest BCUT2D eigenvalue weighted by atomic mass is 15.3. The summed E-state index contributed by atoms with van der Waals surface area (Å²) in [6.45, 7) is 11.1. The van der Waals surface area contributed by atoms with Gasteiger partial charge in [0, 0.05) is 5.69 Å². The van der Waals surface area contributed by atoms with Gasteiger partial charge in [0.05, 0.1) is 11.2 Å². The predicted molar refractivity (Wildman–Crippen MR) is 60.6 cm³/mol. The van der Waals surface area contributed by atoms with Gasteiger partial charge in [-0.1, -0.05) is 20.8 Å². The second-order valence-corrected chi connectivity index (χ2v) is 4.41. The molecular formula is C12H22N2. The van der Waals surface area contributed by atoms with E-state index in [2.05, 4.69) is 50.5 Å². The smallest absolute Gasteiger partial charge is 0.0625 e. The summed E-state index contributed by atoms with van der Waals surface area (Å²) in [6, 6.07) is 2.23. The Kier molecular flexibility index (Phi) is 3.35. The first-order valence-electron chi connectivity index (χ1n) is 5.63. The van der Waals surface area contributed by atoms with E-state index >= 15 is 0 Å². The van der Waals surface area contributed by atoms with E-state index in [1.54, 1.807) is 0 Å². The van der Waals surface area contributed by atoms with Crippen molar-refractivity contribution >= 4 is 0 Å². The lowest BCUT2D eigenvalue weighted by Crippen LogP contribution is -2.28. The van der Waals surface area contributed by atoms with Crippen LogP contribution in [0.3, 0.4) is 0 Å². The summed E-state index contributed by atoms with van der Waals surface area (Å²) in [5.41, 5.74) is 2.72. The maximum Gasteiger partial charge on any atom is 0.0625 e. The van der Waals surface area contributed by atoms with Crippen molar-refractivity contribution in [2.45, 2.75) is 59.4 Å². The average molecular weight is 194 g/mol. The average Bonchev–Trinajstić information content (AvgIpc) is 2.61. The number of aromatic nitrogens is 2. The van der Waals surface area contributed by atoms with E-state index in [4.69, 9.17) is 0 Å². The highest BCUT2D eigenvalue weighted by Crippen LogP contribution is 2.22. The largest absolute Gasteiger partial charge is 0.264 e. The third-order valence-corrected chi connectivity index (χ3v) is 3.00. The molecule has 0 amide bonds. The molecule has 14 heavy (non-hydrogen) atoms. The Morgan fingerprint density at radius 3 is 2.29 bits per heavy atom. The summed E-state index contributed by atoms with van der Waals surface area (Å²) in [6.07, 6.45) is 3.21. The molecule has 1 rings (SSSR count). The molecule has 0 atom stereocenters. The number of nitrogens with zero attached hydrogens (tertiary/aromatic N) is 2. The molecule has 1 aromatic rings. The molecule has 0 aliphatic heterocycles. The van der Waals surface area contributed by atoms with Gasteiger partial charge in [-0.25, -0.2) is 0 Å². The Bertz CT molecular complexity index is 297. The van der Waals surface area contributed by atoms with Crippen LogP contribution in [-0.4, -0.2) is 9.78 Å². The van der Waals surface area contributed by atoms with Gasteiger partial charge in [-0.15, -0.1) is 0 Å². The van der Waals surface area contributed by atoms with Crippen LogP contribution in [0, 0.1) is 0 Å². The first-order chi connectivity index (χ1) is 6.55. The van der Waals surface area contributed by atoms with Crippen molar-refractivity contribution in [1.29, 1.82) is 0 Å². The zero-order valence-corrected chi connectivity index (χ0v) is 10.1. The molecule has 0 radical (unpaired) electrons. The van der Waals surface area contributed by atoms with E-state index in [-0.39, 0.29) is 5.54 Å². The van der Waals surface area contributed by atoms with Gasteiger partial charge >= 0.3 is 0 Å². The van der Waals surface area contributed by atoms with E-state index in [1.807, 2.05) is 0 Å². The molecule has 0 bridgehead atoms.